The molecule has 3 N–H and O–H groups in total. The van der Waals surface area contributed by atoms with E-state index in [1.165, 1.54) is 11.8 Å². The van der Waals surface area contributed by atoms with Gasteiger partial charge in [-0.15, -0.1) is 0 Å². The fourth-order valence-electron chi connectivity index (χ4n) is 5.32. The summed E-state index contributed by atoms with van der Waals surface area (Å²) in [6.45, 7) is 4.02. The third-order valence-electron chi connectivity index (χ3n) is 7.72. The van der Waals surface area contributed by atoms with Crippen molar-refractivity contribution in [2.45, 2.75) is 51.9 Å². The molecule has 13 heteroatoms. The molecule has 1 aromatic heterocycles. The average molecular weight is 639 g/mol. The van der Waals surface area contributed by atoms with E-state index in [-0.39, 0.29) is 36.7 Å². The molecule has 0 saturated carbocycles. The van der Waals surface area contributed by atoms with E-state index in [0.717, 1.165) is 40.8 Å². The van der Waals surface area contributed by atoms with E-state index in [1.807, 2.05) is 44.2 Å². The van der Waals surface area contributed by atoms with Gasteiger partial charge in [0.2, 0.25) is 11.8 Å². The number of aromatic nitrogens is 2. The van der Waals surface area contributed by atoms with Crippen LogP contribution in [0.15, 0.2) is 66.9 Å². The number of nitrogens with zero attached hydrogens (tertiary/aromatic N) is 4. The Kier molecular flexibility index (Phi) is 11.1. The maximum absolute atomic E-state index is 14.9. The molecule has 4 amide bonds. The number of carbonyl (C=O) groups excluding carboxylic acids is 4. The van der Waals surface area contributed by atoms with Gasteiger partial charge in [0.25, 0.3) is 11.8 Å². The molecule has 0 radical (unpaired) electrons. The lowest BCUT2D eigenvalue weighted by atomic mass is 10.00. The normalized spacial score (nSPS) is 14.9. The quantitative estimate of drug-likeness (QED) is 0.260. The minimum atomic E-state index is -1.18. The van der Waals surface area contributed by atoms with Crippen molar-refractivity contribution in [3.8, 4) is 11.3 Å². The lowest BCUT2D eigenvalue weighted by Crippen LogP contribution is -2.51. The predicted molar refractivity (Wildman–Crippen MR) is 164 cm³/mol. The molecule has 2 aromatic carbocycles. The number of imidazole rings is 1. The summed E-state index contributed by atoms with van der Waals surface area (Å²) in [6, 6.07) is 9.61. The van der Waals surface area contributed by atoms with Crippen LogP contribution in [0, 0.1) is 17.6 Å². The van der Waals surface area contributed by atoms with Crippen molar-refractivity contribution in [2.75, 3.05) is 19.8 Å². The second-order valence-corrected chi connectivity index (χ2v) is 11.5. The monoisotopic (exact) mass is 638 g/mol. The molecule has 0 fully saturated rings. The zero-order chi connectivity index (χ0) is 33.5. The average Bonchev–Trinajstić information content (AvgIpc) is 3.59. The summed E-state index contributed by atoms with van der Waals surface area (Å²) in [5, 5.41) is 2.50. The number of carbonyl (C=O) groups is 4. The zero-order valence-electron chi connectivity index (χ0n) is 25.8. The molecule has 244 valence electrons. The molecular weight excluding hydrogens is 601 g/mol. The summed E-state index contributed by atoms with van der Waals surface area (Å²) in [4.78, 5) is 57.8. The smallest absolute Gasteiger partial charge is 0.254 e. The molecule has 3 aromatic rings. The van der Waals surface area contributed by atoms with Crippen LogP contribution in [-0.2, 0) is 25.7 Å². The second kappa shape index (κ2) is 15.0. The fraction of sp³-hybridized carbons (Fsp3) is 0.364. The van der Waals surface area contributed by atoms with Crippen LogP contribution in [0.2, 0.25) is 0 Å². The van der Waals surface area contributed by atoms with E-state index in [0.29, 0.717) is 5.82 Å². The molecule has 0 spiro atoms. The van der Waals surface area contributed by atoms with Crippen molar-refractivity contribution >= 4 is 23.6 Å². The van der Waals surface area contributed by atoms with E-state index < -0.39 is 66.6 Å². The minimum absolute atomic E-state index is 0.00688. The maximum Gasteiger partial charge on any atom is 0.254 e. The molecule has 10 nitrogen and oxygen atoms in total. The Labute approximate surface area is 265 Å². The lowest BCUT2D eigenvalue weighted by molar-refractivity contribution is -0.145. The summed E-state index contributed by atoms with van der Waals surface area (Å²) in [5.41, 5.74) is 6.85. The van der Waals surface area contributed by atoms with Gasteiger partial charge in [0.15, 0.2) is 0 Å². The molecule has 0 saturated heterocycles. The topological polar surface area (TPSA) is 131 Å². The summed E-state index contributed by atoms with van der Waals surface area (Å²) < 4.78 is 44.3. The highest BCUT2D eigenvalue weighted by molar-refractivity contribution is 6.15. The highest BCUT2D eigenvalue weighted by atomic mass is 19.1. The number of hydrogen-bond acceptors (Lipinski definition) is 6. The Morgan fingerprint density at radius 2 is 1.70 bits per heavy atom. The Hall–Kier alpha value is -4.78. The molecule has 1 aliphatic rings. The SMILES string of the molecule is CC(C)[C@H](c1nc(-c2cc(F)ccc2F)cn1Cc1ccccc1)N(CC[C@@H](N)CF)C(=O)CNC(=O)[C@H](C)N1C(=O)C=CC1=O. The lowest BCUT2D eigenvalue weighted by Gasteiger charge is -2.35. The van der Waals surface area contributed by atoms with Crippen molar-refractivity contribution < 1.29 is 32.3 Å². The van der Waals surface area contributed by atoms with Crippen LogP contribution in [0.4, 0.5) is 13.2 Å². The molecule has 3 atom stereocenters. The standard InChI is InChI=1S/C33H37F3N6O4/c1-20(2)31(32-39-27(25-15-23(35)9-10-26(25)36)19-40(32)18-22-7-5-4-6-8-22)41(14-13-24(37)16-34)30(45)17-38-33(46)21(3)42-28(43)11-12-29(42)44/h4-12,15,19-21,24,31H,13-14,16-18,37H2,1-3H3,(H,38,46)/t21-,24+,31+/m0/s1. The highest BCUT2D eigenvalue weighted by Crippen LogP contribution is 2.33. The molecular formula is C33H37F3N6O4. The van der Waals surface area contributed by atoms with Crippen molar-refractivity contribution in [3.63, 3.8) is 0 Å². The first-order valence-electron chi connectivity index (χ1n) is 14.9. The number of benzene rings is 2. The van der Waals surface area contributed by atoms with E-state index in [1.54, 1.807) is 10.8 Å². The van der Waals surface area contributed by atoms with Crippen LogP contribution in [0.3, 0.4) is 0 Å². The first kappa shape index (κ1) is 34.1. The van der Waals surface area contributed by atoms with E-state index in [4.69, 9.17) is 10.7 Å². The van der Waals surface area contributed by atoms with E-state index >= 15 is 0 Å². The Morgan fingerprint density at radius 3 is 2.33 bits per heavy atom. The van der Waals surface area contributed by atoms with Crippen molar-refractivity contribution in [2.24, 2.45) is 11.7 Å². The van der Waals surface area contributed by atoms with Gasteiger partial charge < -0.3 is 20.5 Å². The highest BCUT2D eigenvalue weighted by Gasteiger charge is 2.35. The minimum Gasteiger partial charge on any atom is -0.345 e. The van der Waals surface area contributed by atoms with Gasteiger partial charge in [0.1, 0.15) is 30.2 Å². The van der Waals surface area contributed by atoms with Gasteiger partial charge in [-0.1, -0.05) is 44.2 Å². The van der Waals surface area contributed by atoms with Gasteiger partial charge in [-0.05, 0) is 43.0 Å². The summed E-state index contributed by atoms with van der Waals surface area (Å²) in [6.07, 6.45) is 3.79. The molecule has 4 rings (SSSR count). The Bertz CT molecular complexity index is 1590. The summed E-state index contributed by atoms with van der Waals surface area (Å²) >= 11 is 0. The van der Waals surface area contributed by atoms with Crippen LogP contribution in [0.1, 0.15) is 44.6 Å². The van der Waals surface area contributed by atoms with Gasteiger partial charge in [0.05, 0.1) is 18.3 Å². The predicted octanol–water partition coefficient (Wildman–Crippen LogP) is 3.52. The van der Waals surface area contributed by atoms with Crippen LogP contribution in [0.5, 0.6) is 0 Å². The summed E-state index contributed by atoms with van der Waals surface area (Å²) in [5.74, 6) is -3.84. The van der Waals surface area contributed by atoms with E-state index in [9.17, 15) is 32.3 Å². The van der Waals surface area contributed by atoms with Crippen molar-refractivity contribution in [3.05, 3.63) is 89.9 Å². The number of imide groups is 1. The molecule has 46 heavy (non-hydrogen) atoms. The number of halogens is 3. The Morgan fingerprint density at radius 1 is 1.02 bits per heavy atom. The van der Waals surface area contributed by atoms with Crippen LogP contribution in [0.25, 0.3) is 11.3 Å². The molecule has 1 aliphatic heterocycles. The van der Waals surface area contributed by atoms with Crippen molar-refractivity contribution in [1.82, 2.24) is 24.7 Å². The molecule has 0 unspecified atom stereocenters. The van der Waals surface area contributed by atoms with Crippen LogP contribution in [-0.4, -0.2) is 74.8 Å². The number of hydrogen-bond donors (Lipinski definition) is 2. The van der Waals surface area contributed by atoms with Gasteiger partial charge >= 0.3 is 0 Å². The number of rotatable bonds is 14. The third kappa shape index (κ3) is 7.89. The Balaban J connectivity index is 1.70. The van der Waals surface area contributed by atoms with Gasteiger partial charge in [-0.2, -0.15) is 0 Å². The summed E-state index contributed by atoms with van der Waals surface area (Å²) in [7, 11) is 0. The fourth-order valence-corrected chi connectivity index (χ4v) is 5.32. The molecule has 0 aliphatic carbocycles. The zero-order valence-corrected chi connectivity index (χ0v) is 25.8. The van der Waals surface area contributed by atoms with Gasteiger partial charge in [-0.25, -0.2) is 18.2 Å². The number of nitrogens with one attached hydrogen (secondary N) is 1. The van der Waals surface area contributed by atoms with Gasteiger partial charge in [0, 0.05) is 43.0 Å². The first-order valence-corrected chi connectivity index (χ1v) is 14.9. The number of alkyl halides is 1. The second-order valence-electron chi connectivity index (χ2n) is 11.5. The molecule has 2 heterocycles. The van der Waals surface area contributed by atoms with Crippen molar-refractivity contribution in [1.29, 1.82) is 0 Å². The third-order valence-corrected chi connectivity index (χ3v) is 7.72. The van der Waals surface area contributed by atoms with E-state index in [2.05, 4.69) is 5.32 Å². The maximum atomic E-state index is 14.9. The number of nitrogens with two attached hydrogens (primary N) is 1. The molecule has 0 bridgehead atoms. The van der Waals surface area contributed by atoms with Gasteiger partial charge in [-0.3, -0.25) is 24.1 Å². The first-order chi connectivity index (χ1) is 21.9. The largest absolute Gasteiger partial charge is 0.345 e. The number of amides is 4. The van der Waals surface area contributed by atoms with Crippen LogP contribution < -0.4 is 11.1 Å². The van der Waals surface area contributed by atoms with Crippen LogP contribution >= 0.6 is 0 Å².